The number of carbonyl (C=O) groups excluding carboxylic acids is 1. The summed E-state index contributed by atoms with van der Waals surface area (Å²) in [5.41, 5.74) is 11.2. The molecular formula is C24H23N5O3S. The van der Waals surface area contributed by atoms with Crippen LogP contribution in [0.3, 0.4) is 0 Å². The molecular weight excluding hydrogens is 438 g/mol. The molecule has 0 aliphatic rings. The van der Waals surface area contributed by atoms with Gasteiger partial charge in [0.05, 0.1) is 22.6 Å². The number of aromatic carboxylic acids is 1. The SMILES string of the molecule is Nc1ccc(-c2ccsc2)cc1NC(=O)CCc1cn(CCc2ccc(C(=O)O)cc2)nn1. The van der Waals surface area contributed by atoms with Crippen LogP contribution in [0.15, 0.2) is 65.5 Å². The van der Waals surface area contributed by atoms with Gasteiger partial charge in [0.1, 0.15) is 0 Å². The maximum absolute atomic E-state index is 12.5. The largest absolute Gasteiger partial charge is 0.478 e. The van der Waals surface area contributed by atoms with Crippen LogP contribution in [0.2, 0.25) is 0 Å². The van der Waals surface area contributed by atoms with Crippen LogP contribution >= 0.6 is 11.3 Å². The lowest BCUT2D eigenvalue weighted by molar-refractivity contribution is -0.116. The molecule has 8 nitrogen and oxygen atoms in total. The smallest absolute Gasteiger partial charge is 0.335 e. The van der Waals surface area contributed by atoms with Gasteiger partial charge in [-0.15, -0.1) is 5.10 Å². The van der Waals surface area contributed by atoms with E-state index in [2.05, 4.69) is 15.6 Å². The summed E-state index contributed by atoms with van der Waals surface area (Å²) in [7, 11) is 0. The zero-order valence-corrected chi connectivity index (χ0v) is 18.6. The lowest BCUT2D eigenvalue weighted by Crippen LogP contribution is -2.13. The summed E-state index contributed by atoms with van der Waals surface area (Å²) in [5, 5.41) is 24.2. The van der Waals surface area contributed by atoms with Crippen LogP contribution in [-0.4, -0.2) is 32.0 Å². The zero-order valence-electron chi connectivity index (χ0n) is 17.8. The van der Waals surface area contributed by atoms with Gasteiger partial charge in [0.25, 0.3) is 0 Å². The summed E-state index contributed by atoms with van der Waals surface area (Å²) in [4.78, 5) is 23.4. The van der Waals surface area contributed by atoms with E-state index >= 15 is 0 Å². The van der Waals surface area contributed by atoms with Gasteiger partial charge >= 0.3 is 5.97 Å². The van der Waals surface area contributed by atoms with Crippen molar-refractivity contribution in [2.45, 2.75) is 25.8 Å². The predicted molar refractivity (Wildman–Crippen MR) is 128 cm³/mol. The molecule has 0 spiro atoms. The number of nitrogen functional groups attached to an aromatic ring is 1. The molecule has 0 radical (unpaired) electrons. The maximum atomic E-state index is 12.5. The number of aryl methyl sites for hydroxylation is 3. The first kappa shape index (κ1) is 22.2. The third-order valence-electron chi connectivity index (χ3n) is 5.21. The van der Waals surface area contributed by atoms with Gasteiger partial charge in [-0.1, -0.05) is 23.4 Å². The number of carboxylic acids is 1. The third-order valence-corrected chi connectivity index (χ3v) is 5.89. The summed E-state index contributed by atoms with van der Waals surface area (Å²) in [6.07, 6.45) is 3.24. The van der Waals surface area contributed by atoms with Crippen molar-refractivity contribution in [1.29, 1.82) is 0 Å². The number of carbonyl (C=O) groups is 2. The molecule has 2 heterocycles. The molecule has 33 heavy (non-hydrogen) atoms. The van der Waals surface area contributed by atoms with E-state index in [9.17, 15) is 9.59 Å². The number of anilines is 2. The van der Waals surface area contributed by atoms with Gasteiger partial charge in [0.15, 0.2) is 0 Å². The maximum Gasteiger partial charge on any atom is 0.335 e. The molecule has 4 rings (SSSR count). The molecule has 9 heteroatoms. The number of nitrogens with two attached hydrogens (primary N) is 1. The van der Waals surface area contributed by atoms with Crippen molar-refractivity contribution in [3.63, 3.8) is 0 Å². The molecule has 0 aliphatic carbocycles. The Hall–Kier alpha value is -3.98. The van der Waals surface area contributed by atoms with Crippen molar-refractivity contribution in [3.05, 3.63) is 82.3 Å². The molecule has 0 fully saturated rings. The lowest BCUT2D eigenvalue weighted by atomic mass is 10.1. The molecule has 0 bridgehead atoms. The van der Waals surface area contributed by atoms with Crippen LogP contribution in [0, 0.1) is 0 Å². The standard InChI is InChI=1S/C24H23N5O3S/c25-21-7-5-18(19-10-12-33-15-19)13-22(21)26-23(30)8-6-20-14-29(28-27-20)11-9-16-1-3-17(4-2-16)24(31)32/h1-5,7,10,12-15H,6,8-9,11,25H2,(H,26,30)(H,31,32). The predicted octanol–water partition coefficient (Wildman–Crippen LogP) is 4.10. The third kappa shape index (κ3) is 5.83. The molecule has 0 saturated heterocycles. The fourth-order valence-electron chi connectivity index (χ4n) is 3.35. The number of hydrogen-bond donors (Lipinski definition) is 3. The number of nitrogens with zero attached hydrogens (tertiary/aromatic N) is 3. The molecule has 4 N–H and O–H groups in total. The number of amides is 1. The second-order valence-electron chi connectivity index (χ2n) is 7.59. The van der Waals surface area contributed by atoms with E-state index in [1.54, 1.807) is 46.4 Å². The Morgan fingerprint density at radius 2 is 1.88 bits per heavy atom. The van der Waals surface area contributed by atoms with Crippen molar-refractivity contribution in [2.24, 2.45) is 0 Å². The molecule has 0 atom stereocenters. The number of hydrogen-bond acceptors (Lipinski definition) is 6. The number of aromatic nitrogens is 3. The molecule has 168 valence electrons. The Balaban J connectivity index is 1.28. The van der Waals surface area contributed by atoms with Gasteiger partial charge in [-0.3, -0.25) is 9.48 Å². The second kappa shape index (κ2) is 10.1. The topological polar surface area (TPSA) is 123 Å². The second-order valence-corrected chi connectivity index (χ2v) is 8.37. The minimum absolute atomic E-state index is 0.141. The highest BCUT2D eigenvalue weighted by atomic mass is 32.1. The Morgan fingerprint density at radius 1 is 1.06 bits per heavy atom. The van der Waals surface area contributed by atoms with Crippen molar-refractivity contribution in [1.82, 2.24) is 15.0 Å². The zero-order chi connectivity index (χ0) is 23.2. The Morgan fingerprint density at radius 3 is 2.61 bits per heavy atom. The van der Waals surface area contributed by atoms with Gasteiger partial charge in [0, 0.05) is 25.6 Å². The summed E-state index contributed by atoms with van der Waals surface area (Å²) in [6, 6.07) is 14.4. The van der Waals surface area contributed by atoms with E-state index in [-0.39, 0.29) is 17.9 Å². The summed E-state index contributed by atoms with van der Waals surface area (Å²) in [5.74, 6) is -1.08. The van der Waals surface area contributed by atoms with Crippen molar-refractivity contribution in [2.75, 3.05) is 11.1 Å². The van der Waals surface area contributed by atoms with Gasteiger partial charge < -0.3 is 16.2 Å². The monoisotopic (exact) mass is 461 g/mol. The van der Waals surface area contributed by atoms with E-state index in [0.717, 1.165) is 22.4 Å². The fourth-order valence-corrected chi connectivity index (χ4v) is 4.01. The first-order valence-corrected chi connectivity index (χ1v) is 11.4. The van der Waals surface area contributed by atoms with Gasteiger partial charge in [-0.25, -0.2) is 4.79 Å². The first-order chi connectivity index (χ1) is 16.0. The van der Waals surface area contributed by atoms with E-state index in [1.165, 1.54) is 0 Å². The van der Waals surface area contributed by atoms with Crippen LogP contribution in [0.5, 0.6) is 0 Å². The molecule has 2 aromatic carbocycles. The minimum Gasteiger partial charge on any atom is -0.478 e. The molecule has 1 amide bonds. The fraction of sp³-hybridized carbons (Fsp3) is 0.167. The van der Waals surface area contributed by atoms with Gasteiger partial charge in [0.2, 0.25) is 5.91 Å². The van der Waals surface area contributed by atoms with Gasteiger partial charge in [-0.2, -0.15) is 11.3 Å². The van der Waals surface area contributed by atoms with Crippen molar-refractivity contribution in [3.8, 4) is 11.1 Å². The van der Waals surface area contributed by atoms with Gasteiger partial charge in [-0.05, 0) is 64.2 Å². The average Bonchev–Trinajstić information content (AvgIpc) is 3.50. The summed E-state index contributed by atoms with van der Waals surface area (Å²) in [6.45, 7) is 0.609. The molecule has 4 aromatic rings. The number of rotatable bonds is 9. The van der Waals surface area contributed by atoms with E-state index in [0.29, 0.717) is 30.8 Å². The number of thiophene rings is 1. The number of benzene rings is 2. The first-order valence-electron chi connectivity index (χ1n) is 10.4. The highest BCUT2D eigenvalue weighted by Crippen LogP contribution is 2.28. The van der Waals surface area contributed by atoms with Crippen molar-refractivity contribution >= 4 is 34.6 Å². The van der Waals surface area contributed by atoms with Crippen LogP contribution < -0.4 is 11.1 Å². The normalized spacial score (nSPS) is 10.8. The van der Waals surface area contributed by atoms with E-state index in [4.69, 9.17) is 10.8 Å². The van der Waals surface area contributed by atoms with E-state index in [1.807, 2.05) is 35.2 Å². The summed E-state index contributed by atoms with van der Waals surface area (Å²) >= 11 is 1.61. The molecule has 0 unspecified atom stereocenters. The highest BCUT2D eigenvalue weighted by molar-refractivity contribution is 7.08. The van der Waals surface area contributed by atoms with Crippen LogP contribution in [0.1, 0.15) is 28.0 Å². The van der Waals surface area contributed by atoms with Crippen LogP contribution in [0.4, 0.5) is 11.4 Å². The Kier molecular flexibility index (Phi) is 6.80. The highest BCUT2D eigenvalue weighted by Gasteiger charge is 2.10. The molecule has 0 saturated carbocycles. The lowest BCUT2D eigenvalue weighted by Gasteiger charge is -2.10. The molecule has 2 aromatic heterocycles. The quantitative estimate of drug-likeness (QED) is 0.323. The Labute approximate surface area is 194 Å². The minimum atomic E-state index is -0.940. The van der Waals surface area contributed by atoms with E-state index < -0.39 is 5.97 Å². The summed E-state index contributed by atoms with van der Waals surface area (Å²) < 4.78 is 1.72. The van der Waals surface area contributed by atoms with Crippen molar-refractivity contribution < 1.29 is 14.7 Å². The van der Waals surface area contributed by atoms with Crippen LogP contribution in [-0.2, 0) is 24.2 Å². The molecule has 0 aliphatic heterocycles. The number of carboxylic acid groups (broad SMARTS) is 1. The number of nitrogens with one attached hydrogen (secondary N) is 1. The Bertz CT molecular complexity index is 1250. The average molecular weight is 462 g/mol. The van der Waals surface area contributed by atoms with Crippen LogP contribution in [0.25, 0.3) is 11.1 Å².